The van der Waals surface area contributed by atoms with Crippen LogP contribution in [0.25, 0.3) is 0 Å². The molecule has 0 heterocycles. The molecule has 1 aromatic carbocycles. The molecule has 13 heavy (non-hydrogen) atoms. The number of ether oxygens (including phenoxy) is 1. The maximum absolute atomic E-state index is 5.23. The first-order valence-corrected chi connectivity index (χ1v) is 5.02. The third-order valence-corrected chi connectivity index (χ3v) is 2.75. The molecule has 0 aliphatic heterocycles. The fourth-order valence-electron chi connectivity index (χ4n) is 1.80. The van der Waals surface area contributed by atoms with Crippen LogP contribution in [0.3, 0.4) is 0 Å². The zero-order valence-electron chi connectivity index (χ0n) is 8.34. The van der Waals surface area contributed by atoms with Crippen LogP contribution in [0.2, 0.25) is 0 Å². The molecular formula is C12H16O. The summed E-state index contributed by atoms with van der Waals surface area (Å²) in [6.07, 6.45) is 3.86. The van der Waals surface area contributed by atoms with Gasteiger partial charge in [0, 0.05) is 0 Å². The van der Waals surface area contributed by atoms with Crippen LogP contribution < -0.4 is 4.74 Å². The number of rotatable bonds is 3. The van der Waals surface area contributed by atoms with Crippen LogP contribution in [0, 0.1) is 0 Å². The SMILES string of the molecule is CCc1ccc(OC)cc1C1CC1. The van der Waals surface area contributed by atoms with Crippen LogP contribution in [0.5, 0.6) is 5.75 Å². The Labute approximate surface area is 79.7 Å². The van der Waals surface area contributed by atoms with E-state index in [-0.39, 0.29) is 0 Å². The van der Waals surface area contributed by atoms with E-state index in [0.29, 0.717) is 0 Å². The van der Waals surface area contributed by atoms with Gasteiger partial charge in [-0.1, -0.05) is 13.0 Å². The summed E-state index contributed by atoms with van der Waals surface area (Å²) >= 11 is 0. The minimum atomic E-state index is 0.824. The molecule has 1 heteroatoms. The van der Waals surface area contributed by atoms with Gasteiger partial charge >= 0.3 is 0 Å². The smallest absolute Gasteiger partial charge is 0.119 e. The number of methoxy groups -OCH3 is 1. The molecule has 1 saturated carbocycles. The molecule has 1 aliphatic carbocycles. The van der Waals surface area contributed by atoms with Gasteiger partial charge in [-0.2, -0.15) is 0 Å². The summed E-state index contributed by atoms with van der Waals surface area (Å²) in [5.74, 6) is 1.82. The second kappa shape index (κ2) is 3.41. The van der Waals surface area contributed by atoms with E-state index < -0.39 is 0 Å². The monoisotopic (exact) mass is 176 g/mol. The van der Waals surface area contributed by atoms with E-state index in [1.807, 2.05) is 0 Å². The Morgan fingerprint density at radius 1 is 1.38 bits per heavy atom. The summed E-state index contributed by atoms with van der Waals surface area (Å²) in [6.45, 7) is 2.22. The van der Waals surface area contributed by atoms with E-state index >= 15 is 0 Å². The summed E-state index contributed by atoms with van der Waals surface area (Å²) in [5.41, 5.74) is 3.00. The fraction of sp³-hybridized carbons (Fsp3) is 0.500. The van der Waals surface area contributed by atoms with Gasteiger partial charge in [0.2, 0.25) is 0 Å². The summed E-state index contributed by atoms with van der Waals surface area (Å²) in [7, 11) is 1.73. The Morgan fingerprint density at radius 2 is 2.15 bits per heavy atom. The molecule has 2 rings (SSSR count). The van der Waals surface area contributed by atoms with E-state index in [1.165, 1.54) is 24.0 Å². The molecule has 0 aromatic heterocycles. The predicted octanol–water partition coefficient (Wildman–Crippen LogP) is 3.14. The Hall–Kier alpha value is -0.980. The van der Waals surface area contributed by atoms with Gasteiger partial charge < -0.3 is 4.74 Å². The molecule has 0 amide bonds. The number of hydrogen-bond donors (Lipinski definition) is 0. The highest BCUT2D eigenvalue weighted by molar-refractivity contribution is 5.39. The molecule has 0 N–H and O–H groups in total. The van der Waals surface area contributed by atoms with Crippen LogP contribution in [-0.4, -0.2) is 7.11 Å². The average molecular weight is 176 g/mol. The van der Waals surface area contributed by atoms with Gasteiger partial charge in [-0.3, -0.25) is 0 Å². The molecule has 0 bridgehead atoms. The predicted molar refractivity (Wildman–Crippen MR) is 54.3 cm³/mol. The topological polar surface area (TPSA) is 9.23 Å². The van der Waals surface area contributed by atoms with Crippen LogP contribution >= 0.6 is 0 Å². The Morgan fingerprint density at radius 3 is 2.69 bits per heavy atom. The molecule has 0 unspecified atom stereocenters. The maximum atomic E-state index is 5.23. The zero-order chi connectivity index (χ0) is 9.26. The fourth-order valence-corrected chi connectivity index (χ4v) is 1.80. The number of benzene rings is 1. The third kappa shape index (κ3) is 1.69. The second-order valence-electron chi connectivity index (χ2n) is 3.69. The van der Waals surface area contributed by atoms with Gasteiger partial charge in [-0.15, -0.1) is 0 Å². The molecular weight excluding hydrogens is 160 g/mol. The van der Waals surface area contributed by atoms with Gasteiger partial charge in [0.1, 0.15) is 5.75 Å². The first-order chi connectivity index (χ1) is 6.35. The Kier molecular flexibility index (Phi) is 2.26. The van der Waals surface area contributed by atoms with Crippen molar-refractivity contribution in [3.63, 3.8) is 0 Å². The summed E-state index contributed by atoms with van der Waals surface area (Å²) in [6, 6.07) is 6.47. The van der Waals surface area contributed by atoms with Crippen LogP contribution in [0.15, 0.2) is 18.2 Å². The Balaban J connectivity index is 2.35. The van der Waals surface area contributed by atoms with E-state index in [9.17, 15) is 0 Å². The molecule has 0 saturated heterocycles. The zero-order valence-corrected chi connectivity index (χ0v) is 8.34. The van der Waals surface area contributed by atoms with Crippen molar-refractivity contribution in [2.24, 2.45) is 0 Å². The molecule has 1 nitrogen and oxygen atoms in total. The molecule has 1 fully saturated rings. The van der Waals surface area contributed by atoms with Crippen molar-refractivity contribution in [3.8, 4) is 5.75 Å². The van der Waals surface area contributed by atoms with Gasteiger partial charge in [0.15, 0.2) is 0 Å². The Bertz CT molecular complexity index is 300. The first kappa shape index (κ1) is 8.61. The average Bonchev–Trinajstić information content (AvgIpc) is 3.00. The van der Waals surface area contributed by atoms with E-state index in [1.54, 1.807) is 7.11 Å². The van der Waals surface area contributed by atoms with Crippen molar-refractivity contribution < 1.29 is 4.74 Å². The summed E-state index contributed by atoms with van der Waals surface area (Å²) in [4.78, 5) is 0. The lowest BCUT2D eigenvalue weighted by Crippen LogP contribution is -1.92. The van der Waals surface area contributed by atoms with E-state index in [4.69, 9.17) is 4.74 Å². The molecule has 0 atom stereocenters. The summed E-state index contributed by atoms with van der Waals surface area (Å²) in [5, 5.41) is 0. The van der Waals surface area contributed by atoms with Gasteiger partial charge in [0.05, 0.1) is 7.11 Å². The van der Waals surface area contributed by atoms with Gasteiger partial charge in [-0.05, 0) is 48.4 Å². The third-order valence-electron chi connectivity index (χ3n) is 2.75. The van der Waals surface area contributed by atoms with Crippen molar-refractivity contribution in [2.45, 2.75) is 32.1 Å². The quantitative estimate of drug-likeness (QED) is 0.687. The van der Waals surface area contributed by atoms with Gasteiger partial charge in [-0.25, -0.2) is 0 Å². The highest BCUT2D eigenvalue weighted by Crippen LogP contribution is 2.42. The maximum Gasteiger partial charge on any atom is 0.119 e. The minimum Gasteiger partial charge on any atom is -0.497 e. The number of hydrogen-bond acceptors (Lipinski definition) is 1. The first-order valence-electron chi connectivity index (χ1n) is 5.02. The largest absolute Gasteiger partial charge is 0.497 e. The normalized spacial score (nSPS) is 15.8. The van der Waals surface area contributed by atoms with Crippen molar-refractivity contribution in [1.82, 2.24) is 0 Å². The van der Waals surface area contributed by atoms with Crippen LogP contribution in [0.4, 0.5) is 0 Å². The van der Waals surface area contributed by atoms with Crippen molar-refractivity contribution in [2.75, 3.05) is 7.11 Å². The minimum absolute atomic E-state index is 0.824. The highest BCUT2D eigenvalue weighted by atomic mass is 16.5. The molecule has 0 spiro atoms. The molecule has 1 aromatic rings. The summed E-state index contributed by atoms with van der Waals surface area (Å²) < 4.78 is 5.23. The number of aryl methyl sites for hydroxylation is 1. The van der Waals surface area contributed by atoms with E-state index in [0.717, 1.165) is 18.1 Å². The lowest BCUT2D eigenvalue weighted by molar-refractivity contribution is 0.414. The molecule has 70 valence electrons. The lowest BCUT2D eigenvalue weighted by Gasteiger charge is -2.08. The van der Waals surface area contributed by atoms with E-state index in [2.05, 4.69) is 25.1 Å². The van der Waals surface area contributed by atoms with Gasteiger partial charge in [0.25, 0.3) is 0 Å². The second-order valence-corrected chi connectivity index (χ2v) is 3.69. The van der Waals surface area contributed by atoms with Crippen LogP contribution in [-0.2, 0) is 6.42 Å². The van der Waals surface area contributed by atoms with Crippen LogP contribution in [0.1, 0.15) is 36.8 Å². The lowest BCUT2D eigenvalue weighted by atomic mass is 10.0. The van der Waals surface area contributed by atoms with Crippen molar-refractivity contribution in [3.05, 3.63) is 29.3 Å². The van der Waals surface area contributed by atoms with Crippen molar-refractivity contribution >= 4 is 0 Å². The molecule has 1 aliphatic rings. The highest BCUT2D eigenvalue weighted by Gasteiger charge is 2.25. The van der Waals surface area contributed by atoms with Crippen molar-refractivity contribution in [1.29, 1.82) is 0 Å². The molecule has 0 radical (unpaired) electrons. The standard InChI is InChI=1S/C12H16O/c1-3-9-6-7-11(13-2)8-12(9)10-4-5-10/h6-8,10H,3-5H2,1-2H3.